The monoisotopic (exact) mass is 505 g/mol. The largest absolute Gasteiger partial charge is 0.466 e. The van der Waals surface area contributed by atoms with Crippen LogP contribution < -0.4 is 0 Å². The van der Waals surface area contributed by atoms with Crippen LogP contribution in [0.15, 0.2) is 65.4 Å². The number of rotatable bonds is 9. The molecule has 0 radical (unpaired) electrons. The molecule has 0 bridgehead atoms. The van der Waals surface area contributed by atoms with E-state index in [2.05, 4.69) is 62.7 Å². The number of hydrogen-bond acceptors (Lipinski definition) is 4. The van der Waals surface area contributed by atoms with Gasteiger partial charge in [0.1, 0.15) is 0 Å². The van der Waals surface area contributed by atoms with Crippen LogP contribution in [0.5, 0.6) is 0 Å². The van der Waals surface area contributed by atoms with Crippen LogP contribution in [-0.2, 0) is 22.4 Å². The van der Waals surface area contributed by atoms with E-state index in [-0.39, 0.29) is 5.97 Å². The predicted molar refractivity (Wildman–Crippen MR) is 135 cm³/mol. The van der Waals surface area contributed by atoms with Crippen molar-refractivity contribution in [3.8, 4) is 22.4 Å². The number of hydrogen-bond donors (Lipinski definition) is 0. The summed E-state index contributed by atoms with van der Waals surface area (Å²) in [5, 5.41) is 5.12. The molecule has 5 nitrogen and oxygen atoms in total. The number of esters is 1. The summed E-state index contributed by atoms with van der Waals surface area (Å²) in [6.45, 7) is 4.41. The summed E-state index contributed by atoms with van der Waals surface area (Å²) >= 11 is 3.59. The minimum atomic E-state index is -0.134. The van der Waals surface area contributed by atoms with Crippen LogP contribution in [0.4, 0.5) is 0 Å². The fourth-order valence-electron chi connectivity index (χ4n) is 4.23. The second kappa shape index (κ2) is 10.8. The van der Waals surface area contributed by atoms with Crippen molar-refractivity contribution in [2.75, 3.05) is 6.61 Å². The number of carbonyl (C=O) groups is 1. The molecule has 33 heavy (non-hydrogen) atoms. The maximum atomic E-state index is 11.8. The highest BCUT2D eigenvalue weighted by Crippen LogP contribution is 2.37. The van der Waals surface area contributed by atoms with Crippen LogP contribution in [0, 0.1) is 0 Å². The Labute approximate surface area is 202 Å². The van der Waals surface area contributed by atoms with Crippen molar-refractivity contribution < 1.29 is 9.53 Å². The van der Waals surface area contributed by atoms with Gasteiger partial charge in [0.25, 0.3) is 0 Å². The lowest BCUT2D eigenvalue weighted by atomic mass is 9.93. The molecule has 0 N–H and O–H groups in total. The highest BCUT2D eigenvalue weighted by atomic mass is 79.9. The van der Waals surface area contributed by atoms with Gasteiger partial charge in [0.2, 0.25) is 0 Å². The third kappa shape index (κ3) is 5.17. The Balaban J connectivity index is 1.86. The zero-order valence-electron chi connectivity index (χ0n) is 19.1. The summed E-state index contributed by atoms with van der Waals surface area (Å²) < 4.78 is 8.11. The number of halogens is 1. The molecular formula is C27H28BrN3O2. The van der Waals surface area contributed by atoms with Crippen molar-refractivity contribution >= 4 is 27.4 Å². The summed E-state index contributed by atoms with van der Waals surface area (Å²) in [7, 11) is 0. The Morgan fingerprint density at radius 1 is 1.03 bits per heavy atom. The van der Waals surface area contributed by atoms with Crippen LogP contribution in [0.3, 0.4) is 0 Å². The van der Waals surface area contributed by atoms with E-state index in [4.69, 9.17) is 9.84 Å². The number of ether oxygens (including phenoxy) is 1. The SMILES string of the molecule is CCOC(=O)CCCCc1c(-c2ccccc2)nn2c(CC)ccc2c1-c1cncc(Br)c1. The third-order valence-electron chi connectivity index (χ3n) is 5.74. The van der Waals surface area contributed by atoms with Crippen molar-refractivity contribution in [1.82, 2.24) is 14.6 Å². The van der Waals surface area contributed by atoms with Crippen molar-refractivity contribution in [2.45, 2.75) is 46.0 Å². The van der Waals surface area contributed by atoms with Crippen LogP contribution in [0.25, 0.3) is 27.9 Å². The number of aromatic nitrogens is 3. The van der Waals surface area contributed by atoms with Gasteiger partial charge in [-0.1, -0.05) is 37.3 Å². The van der Waals surface area contributed by atoms with E-state index < -0.39 is 0 Å². The topological polar surface area (TPSA) is 56.5 Å². The van der Waals surface area contributed by atoms with Gasteiger partial charge in [0.15, 0.2) is 0 Å². The van der Waals surface area contributed by atoms with Crippen molar-refractivity contribution in [3.63, 3.8) is 0 Å². The second-order valence-electron chi connectivity index (χ2n) is 7.95. The van der Waals surface area contributed by atoms with E-state index in [1.807, 2.05) is 31.3 Å². The number of carbonyl (C=O) groups excluding carboxylic acids is 1. The fourth-order valence-corrected chi connectivity index (χ4v) is 4.59. The second-order valence-corrected chi connectivity index (χ2v) is 8.86. The van der Waals surface area contributed by atoms with Crippen LogP contribution in [0.2, 0.25) is 0 Å². The molecule has 0 atom stereocenters. The highest BCUT2D eigenvalue weighted by molar-refractivity contribution is 9.10. The van der Waals surface area contributed by atoms with E-state index in [0.717, 1.165) is 58.1 Å². The minimum Gasteiger partial charge on any atom is -0.466 e. The molecule has 0 saturated heterocycles. The molecule has 0 unspecified atom stereocenters. The smallest absolute Gasteiger partial charge is 0.305 e. The van der Waals surface area contributed by atoms with Crippen molar-refractivity contribution in [3.05, 3.63) is 76.7 Å². The average Bonchev–Trinajstić information content (AvgIpc) is 3.24. The molecule has 1 aromatic carbocycles. The Morgan fingerprint density at radius 3 is 2.58 bits per heavy atom. The van der Waals surface area contributed by atoms with E-state index in [1.54, 1.807) is 6.20 Å². The number of benzene rings is 1. The standard InChI is InChI=1S/C27H28BrN3O2/c1-3-22-14-15-24-26(20-16-21(28)18-29-17-20)23(12-8-9-13-25(32)33-4-2)27(30-31(22)24)19-10-6-5-7-11-19/h5-7,10-11,14-18H,3-4,8-9,12-13H2,1-2H3. The van der Waals surface area contributed by atoms with E-state index in [9.17, 15) is 4.79 Å². The molecule has 3 heterocycles. The number of fused-ring (bicyclic) bond motifs is 1. The highest BCUT2D eigenvalue weighted by Gasteiger charge is 2.20. The van der Waals surface area contributed by atoms with Gasteiger partial charge in [0.05, 0.1) is 17.8 Å². The van der Waals surface area contributed by atoms with Gasteiger partial charge in [-0.05, 0) is 72.3 Å². The lowest BCUT2D eigenvalue weighted by Gasteiger charge is -2.18. The van der Waals surface area contributed by atoms with E-state index >= 15 is 0 Å². The van der Waals surface area contributed by atoms with Gasteiger partial charge in [-0.25, -0.2) is 4.52 Å². The Bertz CT molecular complexity index is 1250. The zero-order valence-corrected chi connectivity index (χ0v) is 20.6. The molecule has 6 heteroatoms. The zero-order chi connectivity index (χ0) is 23.2. The first-order valence-corrected chi connectivity index (χ1v) is 12.3. The Hall–Kier alpha value is -2.99. The molecule has 0 aliphatic rings. The third-order valence-corrected chi connectivity index (χ3v) is 6.18. The number of pyridine rings is 1. The number of nitrogens with zero attached hydrogens (tertiary/aromatic N) is 3. The van der Waals surface area contributed by atoms with E-state index in [0.29, 0.717) is 13.0 Å². The van der Waals surface area contributed by atoms with Crippen LogP contribution >= 0.6 is 15.9 Å². The molecule has 0 saturated carbocycles. The number of aryl methyl sites for hydroxylation is 1. The molecule has 0 spiro atoms. The van der Waals surface area contributed by atoms with Gasteiger partial charge in [-0.3, -0.25) is 9.78 Å². The summed E-state index contributed by atoms with van der Waals surface area (Å²) in [5.74, 6) is -0.134. The van der Waals surface area contributed by atoms with Crippen molar-refractivity contribution in [1.29, 1.82) is 0 Å². The molecule has 4 aromatic rings. The summed E-state index contributed by atoms with van der Waals surface area (Å²) in [4.78, 5) is 16.3. The van der Waals surface area contributed by atoms with Crippen LogP contribution in [-0.4, -0.2) is 27.2 Å². The van der Waals surface area contributed by atoms with Gasteiger partial charge in [-0.15, -0.1) is 0 Å². The summed E-state index contributed by atoms with van der Waals surface area (Å²) in [5.41, 5.74) is 7.67. The molecule has 0 fully saturated rings. The molecule has 0 amide bonds. The fraction of sp³-hybridized carbons (Fsp3) is 0.296. The lowest BCUT2D eigenvalue weighted by molar-refractivity contribution is -0.143. The summed E-state index contributed by atoms with van der Waals surface area (Å²) in [6, 6.07) is 16.7. The van der Waals surface area contributed by atoms with Crippen LogP contribution in [0.1, 0.15) is 44.4 Å². The Morgan fingerprint density at radius 2 is 1.85 bits per heavy atom. The Kier molecular flexibility index (Phi) is 7.55. The molecule has 0 aliphatic heterocycles. The van der Waals surface area contributed by atoms with Gasteiger partial charge >= 0.3 is 5.97 Å². The maximum absolute atomic E-state index is 11.8. The molecule has 4 rings (SSSR count). The first-order chi connectivity index (χ1) is 16.1. The normalized spacial score (nSPS) is 11.1. The number of unbranched alkanes of at least 4 members (excludes halogenated alkanes) is 1. The molecule has 0 aliphatic carbocycles. The first kappa shape index (κ1) is 23.2. The predicted octanol–water partition coefficient (Wildman–Crippen LogP) is 6.66. The lowest BCUT2D eigenvalue weighted by Crippen LogP contribution is -2.07. The molecule has 3 aromatic heterocycles. The van der Waals surface area contributed by atoms with Gasteiger partial charge in [-0.2, -0.15) is 5.10 Å². The first-order valence-electron chi connectivity index (χ1n) is 11.5. The molecular weight excluding hydrogens is 478 g/mol. The quantitative estimate of drug-likeness (QED) is 0.188. The van der Waals surface area contributed by atoms with Gasteiger partial charge in [0, 0.05) is 45.7 Å². The minimum absolute atomic E-state index is 0.134. The van der Waals surface area contributed by atoms with Crippen molar-refractivity contribution in [2.24, 2.45) is 0 Å². The summed E-state index contributed by atoms with van der Waals surface area (Å²) in [6.07, 6.45) is 7.49. The average molecular weight is 506 g/mol. The molecule has 170 valence electrons. The maximum Gasteiger partial charge on any atom is 0.305 e. The van der Waals surface area contributed by atoms with Gasteiger partial charge < -0.3 is 4.74 Å². The van der Waals surface area contributed by atoms with E-state index in [1.165, 1.54) is 11.3 Å².